The van der Waals surface area contributed by atoms with Gasteiger partial charge in [0.2, 0.25) is 11.8 Å². The average molecular weight is 208 g/mol. The van der Waals surface area contributed by atoms with E-state index >= 15 is 0 Å². The Labute approximate surface area is 86.8 Å². The second-order valence-corrected chi connectivity index (χ2v) is 3.66. The van der Waals surface area contributed by atoms with Crippen LogP contribution in [0, 0.1) is 5.92 Å². The number of hydrogen-bond acceptors (Lipinski definition) is 3. The lowest BCUT2D eigenvalue weighted by Crippen LogP contribution is -2.28. The van der Waals surface area contributed by atoms with E-state index in [2.05, 4.69) is 0 Å². The number of carbonyl (C=O) groups excluding carboxylic acids is 2. The van der Waals surface area contributed by atoms with Gasteiger partial charge in [-0.15, -0.1) is 0 Å². The Kier molecular flexibility index (Phi) is 2.45. The van der Waals surface area contributed by atoms with Crippen molar-refractivity contribution in [2.45, 2.75) is 13.0 Å². The van der Waals surface area contributed by atoms with E-state index < -0.39 is 5.91 Å². The summed E-state index contributed by atoms with van der Waals surface area (Å²) in [4.78, 5) is 24.0. The fourth-order valence-electron chi connectivity index (χ4n) is 1.71. The molecule has 0 saturated carbocycles. The van der Waals surface area contributed by atoms with Gasteiger partial charge < -0.3 is 15.1 Å². The van der Waals surface area contributed by atoms with Gasteiger partial charge in [0.05, 0.1) is 18.7 Å². The van der Waals surface area contributed by atoms with Crippen molar-refractivity contribution in [1.82, 2.24) is 4.90 Å². The first kappa shape index (κ1) is 9.76. The van der Waals surface area contributed by atoms with Crippen LogP contribution in [0.5, 0.6) is 0 Å². The van der Waals surface area contributed by atoms with Crippen LogP contribution in [0.3, 0.4) is 0 Å². The normalized spacial score (nSPS) is 20.9. The van der Waals surface area contributed by atoms with Gasteiger partial charge in [-0.2, -0.15) is 0 Å². The zero-order valence-corrected chi connectivity index (χ0v) is 8.18. The molecule has 1 atom stereocenters. The van der Waals surface area contributed by atoms with Crippen LogP contribution < -0.4 is 5.73 Å². The smallest absolute Gasteiger partial charge is 0.223 e. The number of nitrogens with zero attached hydrogens (tertiary/aromatic N) is 1. The molecule has 2 heterocycles. The minimum absolute atomic E-state index is 0.0461. The van der Waals surface area contributed by atoms with Crippen LogP contribution in [0.15, 0.2) is 22.8 Å². The maximum absolute atomic E-state index is 11.5. The summed E-state index contributed by atoms with van der Waals surface area (Å²) in [5, 5.41) is 0. The summed E-state index contributed by atoms with van der Waals surface area (Å²) in [6.07, 6.45) is 1.78. The van der Waals surface area contributed by atoms with E-state index in [0.717, 1.165) is 0 Å². The summed E-state index contributed by atoms with van der Waals surface area (Å²) in [7, 11) is 0. The number of carbonyl (C=O) groups is 2. The van der Waals surface area contributed by atoms with Gasteiger partial charge in [0.15, 0.2) is 0 Å². The van der Waals surface area contributed by atoms with Crippen molar-refractivity contribution in [3.05, 3.63) is 24.2 Å². The van der Waals surface area contributed by atoms with Crippen molar-refractivity contribution >= 4 is 11.8 Å². The second-order valence-electron chi connectivity index (χ2n) is 3.66. The molecule has 2 rings (SSSR count). The van der Waals surface area contributed by atoms with Crippen LogP contribution in [-0.2, 0) is 16.1 Å². The molecule has 5 heteroatoms. The summed E-state index contributed by atoms with van der Waals surface area (Å²) in [5.41, 5.74) is 5.15. The molecule has 15 heavy (non-hydrogen) atoms. The van der Waals surface area contributed by atoms with Crippen LogP contribution in [0.25, 0.3) is 0 Å². The van der Waals surface area contributed by atoms with Crippen molar-refractivity contribution in [1.29, 1.82) is 0 Å². The highest BCUT2D eigenvalue weighted by Crippen LogP contribution is 2.19. The van der Waals surface area contributed by atoms with Gasteiger partial charge in [0.25, 0.3) is 0 Å². The zero-order valence-electron chi connectivity index (χ0n) is 8.18. The molecule has 1 unspecified atom stereocenters. The molecule has 0 aliphatic carbocycles. The van der Waals surface area contributed by atoms with E-state index in [1.54, 1.807) is 23.3 Å². The minimum Gasteiger partial charge on any atom is -0.467 e. The van der Waals surface area contributed by atoms with E-state index in [-0.39, 0.29) is 18.2 Å². The Morgan fingerprint density at radius 3 is 3.00 bits per heavy atom. The summed E-state index contributed by atoms with van der Waals surface area (Å²) in [5.74, 6) is -0.0959. The molecule has 1 aromatic rings. The van der Waals surface area contributed by atoms with Crippen LogP contribution in [0.4, 0.5) is 0 Å². The number of likely N-dealkylation sites (tertiary alicyclic amines) is 1. The lowest BCUT2D eigenvalue weighted by atomic mass is 10.1. The molecule has 80 valence electrons. The minimum atomic E-state index is -0.412. The lowest BCUT2D eigenvalue weighted by molar-refractivity contribution is -0.129. The van der Waals surface area contributed by atoms with Gasteiger partial charge in [-0.3, -0.25) is 9.59 Å². The number of amides is 2. The Morgan fingerprint density at radius 2 is 2.47 bits per heavy atom. The Hall–Kier alpha value is -1.78. The molecule has 2 amide bonds. The van der Waals surface area contributed by atoms with Crippen molar-refractivity contribution < 1.29 is 14.0 Å². The molecule has 0 radical (unpaired) electrons. The van der Waals surface area contributed by atoms with Gasteiger partial charge in [-0.1, -0.05) is 0 Å². The molecule has 0 bridgehead atoms. The van der Waals surface area contributed by atoms with Gasteiger partial charge in [-0.25, -0.2) is 0 Å². The first-order valence-corrected chi connectivity index (χ1v) is 4.76. The van der Waals surface area contributed by atoms with Gasteiger partial charge in [0.1, 0.15) is 5.76 Å². The van der Waals surface area contributed by atoms with Crippen molar-refractivity contribution in [2.24, 2.45) is 11.7 Å². The molecular weight excluding hydrogens is 196 g/mol. The highest BCUT2D eigenvalue weighted by atomic mass is 16.3. The zero-order chi connectivity index (χ0) is 10.8. The molecule has 1 fully saturated rings. The van der Waals surface area contributed by atoms with Crippen LogP contribution in [-0.4, -0.2) is 23.3 Å². The second kappa shape index (κ2) is 3.76. The molecule has 5 nitrogen and oxygen atoms in total. The monoisotopic (exact) mass is 208 g/mol. The fourth-order valence-corrected chi connectivity index (χ4v) is 1.71. The van der Waals surface area contributed by atoms with Gasteiger partial charge >= 0.3 is 0 Å². The van der Waals surface area contributed by atoms with Crippen molar-refractivity contribution in [3.8, 4) is 0 Å². The molecule has 0 aromatic carbocycles. The van der Waals surface area contributed by atoms with E-state index in [9.17, 15) is 9.59 Å². The van der Waals surface area contributed by atoms with Crippen LogP contribution >= 0.6 is 0 Å². The number of rotatable bonds is 3. The number of nitrogens with two attached hydrogens (primary N) is 1. The molecule has 2 N–H and O–H groups in total. The summed E-state index contributed by atoms with van der Waals surface area (Å²) < 4.78 is 5.13. The summed E-state index contributed by atoms with van der Waals surface area (Å²) in [6.45, 7) is 0.810. The highest BCUT2D eigenvalue weighted by Gasteiger charge is 2.33. The molecule has 0 spiro atoms. The van der Waals surface area contributed by atoms with Crippen molar-refractivity contribution in [2.75, 3.05) is 6.54 Å². The summed E-state index contributed by atoms with van der Waals surface area (Å²) >= 11 is 0. The Morgan fingerprint density at radius 1 is 1.67 bits per heavy atom. The van der Waals surface area contributed by atoms with Crippen molar-refractivity contribution in [3.63, 3.8) is 0 Å². The van der Waals surface area contributed by atoms with E-state index in [1.807, 2.05) is 0 Å². The number of hydrogen-bond donors (Lipinski definition) is 1. The maximum atomic E-state index is 11.5. The maximum Gasteiger partial charge on any atom is 0.223 e. The highest BCUT2D eigenvalue weighted by molar-refractivity contribution is 5.88. The largest absolute Gasteiger partial charge is 0.467 e. The van der Waals surface area contributed by atoms with Gasteiger partial charge in [0, 0.05) is 13.0 Å². The van der Waals surface area contributed by atoms with Crippen LogP contribution in [0.2, 0.25) is 0 Å². The Bertz CT molecular complexity index is 372. The predicted octanol–water partition coefficient (Wildman–Crippen LogP) is 0.113. The molecule has 1 aliphatic rings. The molecular formula is C10H12N2O3. The molecule has 1 aromatic heterocycles. The molecule has 1 saturated heterocycles. The average Bonchev–Trinajstić information content (AvgIpc) is 2.77. The SMILES string of the molecule is NC(=O)C1CC(=O)N(Cc2ccco2)C1. The quantitative estimate of drug-likeness (QED) is 0.766. The lowest BCUT2D eigenvalue weighted by Gasteiger charge is -2.13. The van der Waals surface area contributed by atoms with E-state index in [4.69, 9.17) is 10.2 Å². The number of primary amides is 1. The third-order valence-electron chi connectivity index (χ3n) is 2.54. The first-order chi connectivity index (χ1) is 7.16. The van der Waals surface area contributed by atoms with E-state index in [1.165, 1.54) is 0 Å². The predicted molar refractivity (Wildman–Crippen MR) is 51.4 cm³/mol. The third kappa shape index (κ3) is 2.01. The first-order valence-electron chi connectivity index (χ1n) is 4.76. The van der Waals surface area contributed by atoms with Gasteiger partial charge in [-0.05, 0) is 12.1 Å². The third-order valence-corrected chi connectivity index (χ3v) is 2.54. The topological polar surface area (TPSA) is 76.5 Å². The van der Waals surface area contributed by atoms with Crippen LogP contribution in [0.1, 0.15) is 12.2 Å². The standard InChI is InChI=1S/C10H12N2O3/c11-10(14)7-4-9(13)12(5-7)6-8-2-1-3-15-8/h1-3,7H,4-6H2,(H2,11,14). The fraction of sp³-hybridized carbons (Fsp3) is 0.400. The summed E-state index contributed by atoms with van der Waals surface area (Å²) in [6, 6.07) is 3.56. The Balaban J connectivity index is 2.00. The number of furan rings is 1. The molecule has 1 aliphatic heterocycles. The van der Waals surface area contributed by atoms with E-state index in [0.29, 0.717) is 18.8 Å².